The van der Waals surface area contributed by atoms with Crippen molar-refractivity contribution in [2.75, 3.05) is 18.0 Å². The second-order valence-corrected chi connectivity index (χ2v) is 5.43. The average molecular weight is 233 g/mol. The maximum Gasteiger partial charge on any atom is 0.307 e. The summed E-state index contributed by atoms with van der Waals surface area (Å²) in [5.74, 6) is -0.898. The van der Waals surface area contributed by atoms with E-state index in [0.29, 0.717) is 0 Å². The third-order valence-corrected chi connectivity index (χ3v) is 3.65. The van der Waals surface area contributed by atoms with E-state index in [0.717, 1.165) is 19.5 Å². The van der Waals surface area contributed by atoms with E-state index in [1.54, 1.807) is 0 Å². The Morgan fingerprint density at radius 3 is 2.53 bits per heavy atom. The van der Waals surface area contributed by atoms with Gasteiger partial charge in [0.2, 0.25) is 0 Å². The van der Waals surface area contributed by atoms with Gasteiger partial charge < -0.3 is 10.0 Å². The molecule has 1 aliphatic rings. The molecule has 1 unspecified atom stereocenters. The lowest BCUT2D eigenvalue weighted by Crippen LogP contribution is -2.48. The molecule has 3 nitrogen and oxygen atoms in total. The zero-order valence-corrected chi connectivity index (χ0v) is 10.4. The molecular formula is C14H19NO2. The van der Waals surface area contributed by atoms with Crippen LogP contribution in [0.1, 0.15) is 20.3 Å². The number of hydrogen-bond acceptors (Lipinski definition) is 2. The highest BCUT2D eigenvalue weighted by Crippen LogP contribution is 2.36. The first-order valence-electron chi connectivity index (χ1n) is 6.03. The Hall–Kier alpha value is -1.51. The van der Waals surface area contributed by atoms with Gasteiger partial charge in [-0.15, -0.1) is 0 Å². The van der Waals surface area contributed by atoms with Crippen molar-refractivity contribution in [1.29, 1.82) is 0 Å². The molecule has 1 N–H and O–H groups in total. The number of para-hydroxylation sites is 1. The highest BCUT2D eigenvalue weighted by molar-refractivity contribution is 5.71. The third-order valence-electron chi connectivity index (χ3n) is 3.65. The van der Waals surface area contributed by atoms with Crippen molar-refractivity contribution < 1.29 is 9.90 Å². The second-order valence-electron chi connectivity index (χ2n) is 5.43. The Morgan fingerprint density at radius 2 is 2.00 bits per heavy atom. The lowest BCUT2D eigenvalue weighted by atomic mass is 9.74. The number of carboxylic acids is 1. The van der Waals surface area contributed by atoms with Gasteiger partial charge in [0.05, 0.1) is 5.92 Å². The number of aliphatic carboxylic acids is 1. The molecule has 0 aliphatic carbocycles. The molecule has 2 rings (SSSR count). The summed E-state index contributed by atoms with van der Waals surface area (Å²) in [4.78, 5) is 13.5. The van der Waals surface area contributed by atoms with Gasteiger partial charge in [-0.25, -0.2) is 0 Å². The van der Waals surface area contributed by atoms with E-state index in [2.05, 4.69) is 17.0 Å². The van der Waals surface area contributed by atoms with Gasteiger partial charge in [0.1, 0.15) is 0 Å². The van der Waals surface area contributed by atoms with Crippen LogP contribution in [0.25, 0.3) is 0 Å². The van der Waals surface area contributed by atoms with Crippen molar-refractivity contribution in [2.45, 2.75) is 20.3 Å². The van der Waals surface area contributed by atoms with Crippen LogP contribution in [0.2, 0.25) is 0 Å². The summed E-state index contributed by atoms with van der Waals surface area (Å²) >= 11 is 0. The van der Waals surface area contributed by atoms with Gasteiger partial charge in [-0.3, -0.25) is 4.79 Å². The summed E-state index contributed by atoms with van der Waals surface area (Å²) in [7, 11) is 0. The first-order chi connectivity index (χ1) is 8.00. The van der Waals surface area contributed by atoms with Crippen molar-refractivity contribution >= 4 is 11.7 Å². The molecule has 0 aromatic heterocycles. The first-order valence-corrected chi connectivity index (χ1v) is 6.03. The minimum Gasteiger partial charge on any atom is -0.481 e. The molecule has 92 valence electrons. The predicted molar refractivity (Wildman–Crippen MR) is 68.2 cm³/mol. The Kier molecular flexibility index (Phi) is 3.09. The molecule has 1 aliphatic heterocycles. The van der Waals surface area contributed by atoms with Crippen molar-refractivity contribution in [2.24, 2.45) is 11.3 Å². The van der Waals surface area contributed by atoms with Crippen LogP contribution in [0, 0.1) is 11.3 Å². The molecule has 1 fully saturated rings. The van der Waals surface area contributed by atoms with Gasteiger partial charge in [0.25, 0.3) is 0 Å². The molecule has 1 atom stereocenters. The molecule has 0 amide bonds. The minimum atomic E-state index is -0.664. The van der Waals surface area contributed by atoms with Crippen LogP contribution in [0.3, 0.4) is 0 Å². The highest BCUT2D eigenvalue weighted by Gasteiger charge is 2.40. The van der Waals surface area contributed by atoms with Crippen molar-refractivity contribution in [3.8, 4) is 0 Å². The molecule has 1 aromatic rings. The fourth-order valence-corrected chi connectivity index (χ4v) is 2.67. The maximum atomic E-state index is 11.2. The van der Waals surface area contributed by atoms with Gasteiger partial charge in [0.15, 0.2) is 0 Å². The number of carbonyl (C=O) groups is 1. The van der Waals surface area contributed by atoms with Gasteiger partial charge in [-0.1, -0.05) is 32.0 Å². The molecule has 0 saturated carbocycles. The van der Waals surface area contributed by atoms with Crippen LogP contribution in [0.5, 0.6) is 0 Å². The predicted octanol–water partition coefficient (Wildman–Crippen LogP) is 2.62. The van der Waals surface area contributed by atoms with E-state index < -0.39 is 5.97 Å². The molecule has 0 radical (unpaired) electrons. The Morgan fingerprint density at radius 1 is 1.35 bits per heavy atom. The van der Waals surface area contributed by atoms with Gasteiger partial charge in [-0.05, 0) is 24.0 Å². The van der Waals surface area contributed by atoms with Crippen LogP contribution >= 0.6 is 0 Å². The Bertz CT molecular complexity index is 400. The van der Waals surface area contributed by atoms with Crippen LogP contribution in [0.15, 0.2) is 30.3 Å². The molecule has 1 heterocycles. The lowest BCUT2D eigenvalue weighted by molar-refractivity contribution is -0.146. The maximum absolute atomic E-state index is 11.2. The van der Waals surface area contributed by atoms with Gasteiger partial charge >= 0.3 is 5.97 Å². The van der Waals surface area contributed by atoms with E-state index in [4.69, 9.17) is 0 Å². The number of rotatable bonds is 2. The summed E-state index contributed by atoms with van der Waals surface area (Å²) in [6.07, 6.45) is 0.719. The Balaban J connectivity index is 2.15. The number of benzene rings is 1. The topological polar surface area (TPSA) is 40.5 Å². The Labute approximate surface area is 102 Å². The number of hydrogen-bond donors (Lipinski definition) is 1. The standard InChI is InChI=1S/C14H19NO2/c1-14(2)10-15(9-8-12(14)13(16)17)11-6-4-3-5-7-11/h3-7,12H,8-10H2,1-2H3,(H,16,17). The number of piperidine rings is 1. The van der Waals surface area contributed by atoms with E-state index in [9.17, 15) is 9.90 Å². The monoisotopic (exact) mass is 233 g/mol. The normalized spacial score (nSPS) is 23.4. The fraction of sp³-hybridized carbons (Fsp3) is 0.500. The molecule has 0 bridgehead atoms. The summed E-state index contributed by atoms with van der Waals surface area (Å²) < 4.78 is 0. The SMILES string of the molecule is CC1(C)CN(c2ccccc2)CCC1C(=O)O. The molecule has 1 aromatic carbocycles. The zero-order chi connectivity index (χ0) is 12.5. The largest absolute Gasteiger partial charge is 0.481 e. The summed E-state index contributed by atoms with van der Waals surface area (Å²) in [6.45, 7) is 5.71. The highest BCUT2D eigenvalue weighted by atomic mass is 16.4. The molecule has 17 heavy (non-hydrogen) atoms. The van der Waals surface area contributed by atoms with Crippen LogP contribution in [-0.4, -0.2) is 24.2 Å². The van der Waals surface area contributed by atoms with Crippen LogP contribution in [0.4, 0.5) is 5.69 Å². The van der Waals surface area contributed by atoms with Crippen LogP contribution in [-0.2, 0) is 4.79 Å². The van der Waals surface area contributed by atoms with E-state index in [-0.39, 0.29) is 11.3 Å². The quantitative estimate of drug-likeness (QED) is 0.853. The lowest BCUT2D eigenvalue weighted by Gasteiger charge is -2.43. The van der Waals surface area contributed by atoms with E-state index in [1.807, 2.05) is 32.0 Å². The number of nitrogens with zero attached hydrogens (tertiary/aromatic N) is 1. The zero-order valence-electron chi connectivity index (χ0n) is 10.4. The summed E-state index contributed by atoms with van der Waals surface area (Å²) in [5.41, 5.74) is 1.00. The van der Waals surface area contributed by atoms with Crippen LogP contribution < -0.4 is 4.90 Å². The average Bonchev–Trinajstić information content (AvgIpc) is 2.28. The van der Waals surface area contributed by atoms with Crippen molar-refractivity contribution in [1.82, 2.24) is 0 Å². The first kappa shape index (κ1) is 12.0. The van der Waals surface area contributed by atoms with Gasteiger partial charge in [0, 0.05) is 18.8 Å². The molecule has 3 heteroatoms. The summed E-state index contributed by atoms with van der Waals surface area (Å²) in [5, 5.41) is 9.21. The van der Waals surface area contributed by atoms with Crippen molar-refractivity contribution in [3.05, 3.63) is 30.3 Å². The third kappa shape index (κ3) is 2.43. The summed E-state index contributed by atoms with van der Waals surface area (Å²) in [6, 6.07) is 10.2. The van der Waals surface area contributed by atoms with Crippen molar-refractivity contribution in [3.63, 3.8) is 0 Å². The molecule has 1 saturated heterocycles. The molecular weight excluding hydrogens is 214 g/mol. The van der Waals surface area contributed by atoms with Gasteiger partial charge in [-0.2, -0.15) is 0 Å². The smallest absolute Gasteiger partial charge is 0.307 e. The number of anilines is 1. The second kappa shape index (κ2) is 4.40. The van der Waals surface area contributed by atoms with E-state index in [1.165, 1.54) is 5.69 Å². The van der Waals surface area contributed by atoms with E-state index >= 15 is 0 Å². The minimum absolute atomic E-state index is 0.181. The number of carboxylic acid groups (broad SMARTS) is 1. The molecule has 0 spiro atoms. The fourth-order valence-electron chi connectivity index (χ4n) is 2.67.